The number of rotatable bonds is 3. The Bertz CT molecular complexity index is 448. The predicted octanol–water partition coefficient (Wildman–Crippen LogP) is 1.72. The van der Waals surface area contributed by atoms with Crippen LogP contribution >= 0.6 is 0 Å². The van der Waals surface area contributed by atoms with Gasteiger partial charge in [0.25, 0.3) is 0 Å². The monoisotopic (exact) mass is 265 g/mol. The first-order chi connectivity index (χ1) is 8.91. The molecule has 1 fully saturated rings. The highest BCUT2D eigenvalue weighted by Gasteiger charge is 2.34. The van der Waals surface area contributed by atoms with E-state index < -0.39 is 0 Å². The fraction of sp³-hybridized carbons (Fsp3) is 0.714. The molecule has 0 spiro atoms. The smallest absolute Gasteiger partial charge is 0.150 e. The van der Waals surface area contributed by atoms with Gasteiger partial charge in [0.1, 0.15) is 0 Å². The zero-order valence-corrected chi connectivity index (χ0v) is 12.4. The molecule has 0 aromatic carbocycles. The van der Waals surface area contributed by atoms with E-state index in [1.165, 1.54) is 0 Å². The average Bonchev–Trinajstić information content (AvgIpc) is 2.30. The topological polar surface area (TPSA) is 47.5 Å². The lowest BCUT2D eigenvalue weighted by Crippen LogP contribution is -2.54. The van der Waals surface area contributed by atoms with Crippen LogP contribution in [-0.2, 0) is 9.47 Å². The number of methoxy groups -OCH3 is 1. The first-order valence-electron chi connectivity index (χ1n) is 6.63. The van der Waals surface area contributed by atoms with E-state index >= 15 is 0 Å². The van der Waals surface area contributed by atoms with Gasteiger partial charge in [0, 0.05) is 26.4 Å². The summed E-state index contributed by atoms with van der Waals surface area (Å²) >= 11 is 0. The van der Waals surface area contributed by atoms with E-state index in [4.69, 9.17) is 9.47 Å². The Hall–Kier alpha value is -1.20. The van der Waals surface area contributed by atoms with Crippen LogP contribution < -0.4 is 4.90 Å². The summed E-state index contributed by atoms with van der Waals surface area (Å²) in [6.45, 7) is 10.4. The van der Waals surface area contributed by atoms with Gasteiger partial charge in [-0.1, -0.05) is 0 Å². The maximum atomic E-state index is 6.02. The lowest BCUT2D eigenvalue weighted by Gasteiger charge is -2.43. The third-order valence-electron chi connectivity index (χ3n) is 3.18. The van der Waals surface area contributed by atoms with E-state index in [1.54, 1.807) is 13.3 Å². The molecule has 0 aliphatic carbocycles. The van der Waals surface area contributed by atoms with Gasteiger partial charge in [-0.25, -0.2) is 4.98 Å². The molecule has 19 heavy (non-hydrogen) atoms. The fourth-order valence-corrected chi connectivity index (χ4v) is 2.55. The molecule has 0 bridgehead atoms. The summed E-state index contributed by atoms with van der Waals surface area (Å²) in [4.78, 5) is 11.3. The molecule has 1 aromatic rings. The summed E-state index contributed by atoms with van der Waals surface area (Å²) in [6.07, 6.45) is 1.87. The van der Waals surface area contributed by atoms with Crippen LogP contribution in [0.3, 0.4) is 0 Å². The molecule has 5 nitrogen and oxygen atoms in total. The number of aromatic nitrogens is 2. The molecule has 1 saturated heterocycles. The van der Waals surface area contributed by atoms with Gasteiger partial charge in [-0.3, -0.25) is 4.98 Å². The minimum Gasteiger partial charge on any atom is -0.382 e. The molecule has 106 valence electrons. The van der Waals surface area contributed by atoms with Gasteiger partial charge in [0.15, 0.2) is 5.82 Å². The van der Waals surface area contributed by atoms with Crippen molar-refractivity contribution in [3.63, 3.8) is 0 Å². The Morgan fingerprint density at radius 2 is 2.21 bits per heavy atom. The molecule has 0 unspecified atom stereocenters. The molecule has 1 aromatic heterocycles. The third-order valence-corrected chi connectivity index (χ3v) is 3.18. The largest absolute Gasteiger partial charge is 0.382 e. The van der Waals surface area contributed by atoms with Crippen LogP contribution in [-0.4, -0.2) is 48.5 Å². The maximum Gasteiger partial charge on any atom is 0.150 e. The van der Waals surface area contributed by atoms with Crippen molar-refractivity contribution in [2.45, 2.75) is 39.4 Å². The molecule has 1 aliphatic heterocycles. The van der Waals surface area contributed by atoms with Gasteiger partial charge in [-0.15, -0.1) is 0 Å². The molecular formula is C14H23N3O2. The minimum atomic E-state index is -0.209. The van der Waals surface area contributed by atoms with Crippen LogP contribution in [0.2, 0.25) is 0 Å². The molecular weight excluding hydrogens is 242 g/mol. The number of ether oxygens (including phenoxy) is 2. The van der Waals surface area contributed by atoms with Crippen molar-refractivity contribution in [3.05, 3.63) is 17.6 Å². The second kappa shape index (κ2) is 5.43. The predicted molar refractivity (Wildman–Crippen MR) is 74.5 cm³/mol. The molecule has 2 heterocycles. The highest BCUT2D eigenvalue weighted by atomic mass is 16.5. The van der Waals surface area contributed by atoms with Crippen molar-refractivity contribution in [3.8, 4) is 0 Å². The average molecular weight is 265 g/mol. The number of morpholine rings is 1. The molecule has 5 heteroatoms. The molecule has 2 rings (SSSR count). The summed E-state index contributed by atoms with van der Waals surface area (Å²) < 4.78 is 11.2. The van der Waals surface area contributed by atoms with Crippen LogP contribution in [0, 0.1) is 13.8 Å². The van der Waals surface area contributed by atoms with Crippen LogP contribution in [0.15, 0.2) is 6.20 Å². The van der Waals surface area contributed by atoms with E-state index in [-0.39, 0.29) is 11.7 Å². The van der Waals surface area contributed by atoms with Crippen molar-refractivity contribution in [1.29, 1.82) is 0 Å². The van der Waals surface area contributed by atoms with Gasteiger partial charge in [0.2, 0.25) is 0 Å². The Balaban J connectivity index is 2.25. The normalized spacial score (nSPS) is 22.6. The van der Waals surface area contributed by atoms with Crippen LogP contribution in [0.5, 0.6) is 0 Å². The van der Waals surface area contributed by atoms with E-state index in [0.29, 0.717) is 6.61 Å². The zero-order valence-electron chi connectivity index (χ0n) is 12.4. The SMILES string of the molecule is COC[C@H]1CN(c2nc(C)cnc2C)CC(C)(C)O1. The second-order valence-corrected chi connectivity index (χ2v) is 5.76. The molecule has 0 N–H and O–H groups in total. The van der Waals surface area contributed by atoms with E-state index in [0.717, 1.165) is 30.3 Å². The minimum absolute atomic E-state index is 0.0652. The van der Waals surface area contributed by atoms with Crippen LogP contribution in [0.25, 0.3) is 0 Å². The lowest BCUT2D eigenvalue weighted by molar-refractivity contribution is -0.106. The summed E-state index contributed by atoms with van der Waals surface area (Å²) in [5.74, 6) is 0.956. The Morgan fingerprint density at radius 3 is 2.89 bits per heavy atom. The first kappa shape index (κ1) is 14.2. The van der Waals surface area contributed by atoms with Gasteiger partial charge < -0.3 is 14.4 Å². The number of anilines is 1. The van der Waals surface area contributed by atoms with Gasteiger partial charge in [-0.2, -0.15) is 0 Å². The fourth-order valence-electron chi connectivity index (χ4n) is 2.55. The van der Waals surface area contributed by atoms with Crippen molar-refractivity contribution >= 4 is 5.82 Å². The third kappa shape index (κ3) is 3.42. The number of nitrogens with zero attached hydrogens (tertiary/aromatic N) is 3. The van der Waals surface area contributed by atoms with E-state index in [2.05, 4.69) is 28.7 Å². The molecule has 1 aliphatic rings. The first-order valence-corrected chi connectivity index (χ1v) is 6.63. The highest BCUT2D eigenvalue weighted by Crippen LogP contribution is 2.26. The number of hydrogen-bond donors (Lipinski definition) is 0. The summed E-state index contributed by atoms with van der Waals surface area (Å²) in [7, 11) is 1.70. The summed E-state index contributed by atoms with van der Waals surface area (Å²) in [6, 6.07) is 0. The zero-order chi connectivity index (χ0) is 14.0. The van der Waals surface area contributed by atoms with Crippen molar-refractivity contribution in [2.75, 3.05) is 31.7 Å². The van der Waals surface area contributed by atoms with E-state index in [1.807, 2.05) is 13.8 Å². The Labute approximate surface area is 115 Å². The second-order valence-electron chi connectivity index (χ2n) is 5.76. The summed E-state index contributed by atoms with van der Waals surface area (Å²) in [5.41, 5.74) is 1.69. The Morgan fingerprint density at radius 1 is 1.47 bits per heavy atom. The number of hydrogen-bond acceptors (Lipinski definition) is 5. The molecule has 1 atom stereocenters. The quantitative estimate of drug-likeness (QED) is 0.833. The summed E-state index contributed by atoms with van der Waals surface area (Å²) in [5, 5.41) is 0. The van der Waals surface area contributed by atoms with Crippen molar-refractivity contribution in [2.24, 2.45) is 0 Å². The lowest BCUT2D eigenvalue weighted by atomic mass is 10.1. The van der Waals surface area contributed by atoms with Gasteiger partial charge in [0.05, 0.1) is 29.7 Å². The maximum absolute atomic E-state index is 6.02. The standard InChI is InChI=1S/C14H23N3O2/c1-10-6-15-11(2)13(16-10)17-7-12(8-18-5)19-14(3,4)9-17/h6,12H,7-9H2,1-5H3/t12-/m1/s1. The van der Waals surface area contributed by atoms with Crippen molar-refractivity contribution < 1.29 is 9.47 Å². The van der Waals surface area contributed by atoms with Crippen LogP contribution in [0.1, 0.15) is 25.2 Å². The molecule has 0 radical (unpaired) electrons. The highest BCUT2D eigenvalue weighted by molar-refractivity contribution is 5.44. The van der Waals surface area contributed by atoms with Gasteiger partial charge >= 0.3 is 0 Å². The van der Waals surface area contributed by atoms with E-state index in [9.17, 15) is 0 Å². The van der Waals surface area contributed by atoms with Crippen molar-refractivity contribution in [1.82, 2.24) is 9.97 Å². The number of aryl methyl sites for hydroxylation is 2. The molecule has 0 saturated carbocycles. The molecule has 0 amide bonds. The Kier molecular flexibility index (Phi) is 4.06. The van der Waals surface area contributed by atoms with Crippen LogP contribution in [0.4, 0.5) is 5.82 Å². The van der Waals surface area contributed by atoms with Gasteiger partial charge in [-0.05, 0) is 27.7 Å².